The highest BCUT2D eigenvalue weighted by atomic mass is 32.2. The first kappa shape index (κ1) is 19.7. The molecule has 1 aliphatic carbocycles. The molecule has 0 aliphatic heterocycles. The van der Waals surface area contributed by atoms with Gasteiger partial charge in [0.2, 0.25) is 0 Å². The molecule has 1 N–H and O–H groups in total. The Hall–Kier alpha value is -2.97. The first-order chi connectivity index (χ1) is 15.8. The van der Waals surface area contributed by atoms with Crippen LogP contribution in [-0.2, 0) is 18.6 Å². The van der Waals surface area contributed by atoms with E-state index in [2.05, 4.69) is 46.7 Å². The highest BCUT2D eigenvalue weighted by molar-refractivity contribution is 7.98. The molecular formula is C24H22N6S2. The van der Waals surface area contributed by atoms with Crippen LogP contribution in [-0.4, -0.2) is 24.6 Å². The third-order valence-corrected chi connectivity index (χ3v) is 8.00. The predicted molar refractivity (Wildman–Crippen MR) is 130 cm³/mol. The van der Waals surface area contributed by atoms with Crippen molar-refractivity contribution in [3.8, 4) is 0 Å². The van der Waals surface area contributed by atoms with E-state index in [0.717, 1.165) is 46.5 Å². The van der Waals surface area contributed by atoms with Crippen molar-refractivity contribution in [2.75, 3.05) is 5.32 Å². The Labute approximate surface area is 194 Å². The molecule has 160 valence electrons. The number of aryl methyl sites for hydroxylation is 2. The summed E-state index contributed by atoms with van der Waals surface area (Å²) in [5.74, 6) is 3.38. The number of nitrogens with one attached hydrogen (secondary N) is 1. The van der Waals surface area contributed by atoms with Crippen molar-refractivity contribution in [1.82, 2.24) is 24.6 Å². The Balaban J connectivity index is 1.37. The Morgan fingerprint density at radius 2 is 1.94 bits per heavy atom. The van der Waals surface area contributed by atoms with Gasteiger partial charge < -0.3 is 5.32 Å². The minimum Gasteiger partial charge on any atom is -0.360 e. The van der Waals surface area contributed by atoms with Crippen LogP contribution in [0.5, 0.6) is 0 Å². The van der Waals surface area contributed by atoms with E-state index in [1.54, 1.807) is 11.8 Å². The number of benzene rings is 1. The van der Waals surface area contributed by atoms with Gasteiger partial charge in [-0.1, -0.05) is 24.3 Å². The number of pyridine rings is 1. The summed E-state index contributed by atoms with van der Waals surface area (Å²) in [6.07, 6.45) is 5.47. The lowest BCUT2D eigenvalue weighted by molar-refractivity contribution is 0.768. The van der Waals surface area contributed by atoms with Gasteiger partial charge in [-0.25, -0.2) is 9.97 Å². The van der Waals surface area contributed by atoms with E-state index in [0.29, 0.717) is 0 Å². The third kappa shape index (κ3) is 3.53. The van der Waals surface area contributed by atoms with E-state index in [1.165, 1.54) is 27.1 Å². The van der Waals surface area contributed by atoms with Crippen LogP contribution in [0.4, 0.5) is 5.82 Å². The third-order valence-electron chi connectivity index (χ3n) is 5.80. The van der Waals surface area contributed by atoms with E-state index in [9.17, 15) is 0 Å². The molecule has 8 heteroatoms. The summed E-state index contributed by atoms with van der Waals surface area (Å²) >= 11 is 3.60. The van der Waals surface area contributed by atoms with Crippen LogP contribution in [0.1, 0.15) is 41.5 Å². The van der Waals surface area contributed by atoms with Gasteiger partial charge in [0.25, 0.3) is 0 Å². The smallest absolute Gasteiger partial charge is 0.160 e. The first-order valence-electron chi connectivity index (χ1n) is 10.8. The fraction of sp³-hybridized carbons (Fsp3) is 0.250. The lowest BCUT2D eigenvalue weighted by atomic mass is 10.2. The summed E-state index contributed by atoms with van der Waals surface area (Å²) in [6, 6.07) is 16.3. The maximum absolute atomic E-state index is 5.00. The molecule has 1 atom stereocenters. The zero-order valence-corrected chi connectivity index (χ0v) is 19.3. The molecule has 1 aliphatic rings. The number of thiophene rings is 1. The van der Waals surface area contributed by atoms with Crippen molar-refractivity contribution in [2.45, 2.75) is 42.9 Å². The molecule has 6 nitrogen and oxygen atoms in total. The van der Waals surface area contributed by atoms with Crippen LogP contribution in [0.15, 0.2) is 59.6 Å². The number of hydrogen-bond acceptors (Lipinski definition) is 7. The zero-order chi connectivity index (χ0) is 21.5. The quantitative estimate of drug-likeness (QED) is 0.330. The van der Waals surface area contributed by atoms with Gasteiger partial charge in [0.1, 0.15) is 16.5 Å². The fourth-order valence-corrected chi connectivity index (χ4v) is 6.35. The monoisotopic (exact) mass is 458 g/mol. The van der Waals surface area contributed by atoms with Gasteiger partial charge in [-0.15, -0.1) is 33.3 Å². The summed E-state index contributed by atoms with van der Waals surface area (Å²) in [5, 5.41) is 13.6. The van der Waals surface area contributed by atoms with Crippen molar-refractivity contribution < 1.29 is 0 Å². The molecule has 32 heavy (non-hydrogen) atoms. The SMILES string of the molecule is C[C@@H](Nc1nc(CSc2ccccc2)nc2sc3c(c12)CCC3)c1nnc2ccccn12. The van der Waals surface area contributed by atoms with Gasteiger partial charge >= 0.3 is 0 Å². The molecular weight excluding hydrogens is 436 g/mol. The second-order valence-corrected chi connectivity index (χ2v) is 10.1. The normalized spacial score (nSPS) is 14.2. The minimum absolute atomic E-state index is 0.0444. The van der Waals surface area contributed by atoms with Crippen LogP contribution in [0.2, 0.25) is 0 Å². The van der Waals surface area contributed by atoms with Crippen molar-refractivity contribution in [2.24, 2.45) is 0 Å². The second kappa shape index (κ2) is 8.18. The summed E-state index contributed by atoms with van der Waals surface area (Å²) in [7, 11) is 0. The highest BCUT2D eigenvalue weighted by Crippen LogP contribution is 2.40. The largest absolute Gasteiger partial charge is 0.360 e. The lowest BCUT2D eigenvalue weighted by Gasteiger charge is -2.15. The van der Waals surface area contributed by atoms with E-state index in [-0.39, 0.29) is 6.04 Å². The average molecular weight is 459 g/mol. The van der Waals surface area contributed by atoms with E-state index in [4.69, 9.17) is 9.97 Å². The molecule has 0 fully saturated rings. The van der Waals surface area contributed by atoms with Crippen molar-refractivity contribution in [3.05, 3.63) is 76.8 Å². The van der Waals surface area contributed by atoms with Crippen LogP contribution < -0.4 is 5.32 Å². The molecule has 1 aromatic carbocycles. The Kier molecular flexibility index (Phi) is 5.04. The van der Waals surface area contributed by atoms with Gasteiger partial charge in [0.05, 0.1) is 17.2 Å². The molecule has 4 heterocycles. The van der Waals surface area contributed by atoms with Gasteiger partial charge in [-0.2, -0.15) is 0 Å². The first-order valence-corrected chi connectivity index (χ1v) is 12.6. The van der Waals surface area contributed by atoms with Gasteiger partial charge in [0.15, 0.2) is 11.5 Å². The molecule has 0 saturated carbocycles. The molecule has 0 saturated heterocycles. The number of rotatable bonds is 6. The van der Waals surface area contributed by atoms with E-state index >= 15 is 0 Å². The summed E-state index contributed by atoms with van der Waals surface area (Å²) in [4.78, 5) is 13.7. The fourth-order valence-electron chi connectivity index (χ4n) is 4.30. The number of thioether (sulfide) groups is 1. The molecule has 6 rings (SSSR count). The second-order valence-electron chi connectivity index (χ2n) is 7.98. The molecule has 0 radical (unpaired) electrons. The minimum atomic E-state index is -0.0444. The summed E-state index contributed by atoms with van der Waals surface area (Å²) < 4.78 is 2.03. The standard InChI is InChI=1S/C24H22N6S2/c1-15(23-29-28-20-12-5-6-13-30(20)23)25-22-21-17-10-7-11-18(17)32-24(21)27-19(26-22)14-31-16-8-3-2-4-9-16/h2-6,8-9,12-13,15H,7,10-11,14H2,1H3,(H,25,26,27)/t15-/m1/s1. The van der Waals surface area contributed by atoms with Crippen molar-refractivity contribution in [1.29, 1.82) is 0 Å². The molecule has 0 unspecified atom stereocenters. The molecule has 0 bridgehead atoms. The van der Waals surface area contributed by atoms with Crippen LogP contribution in [0.25, 0.3) is 15.9 Å². The van der Waals surface area contributed by atoms with Crippen LogP contribution in [0, 0.1) is 0 Å². The number of anilines is 1. The number of nitrogens with zero attached hydrogens (tertiary/aromatic N) is 5. The Bertz CT molecular complexity index is 1410. The molecule has 4 aromatic heterocycles. The number of aromatic nitrogens is 5. The summed E-state index contributed by atoms with van der Waals surface area (Å²) in [5.41, 5.74) is 2.27. The van der Waals surface area contributed by atoms with Crippen molar-refractivity contribution in [3.63, 3.8) is 0 Å². The van der Waals surface area contributed by atoms with E-state index in [1.807, 2.05) is 46.2 Å². The van der Waals surface area contributed by atoms with Gasteiger partial charge in [-0.3, -0.25) is 4.40 Å². The number of fused-ring (bicyclic) bond motifs is 4. The van der Waals surface area contributed by atoms with Crippen molar-refractivity contribution >= 4 is 44.8 Å². The summed E-state index contributed by atoms with van der Waals surface area (Å²) in [6.45, 7) is 2.11. The highest BCUT2D eigenvalue weighted by Gasteiger charge is 2.24. The molecule has 0 amide bonds. The predicted octanol–water partition coefficient (Wildman–Crippen LogP) is 5.69. The van der Waals surface area contributed by atoms with Gasteiger partial charge in [0, 0.05) is 16.0 Å². The Morgan fingerprint density at radius 1 is 1.06 bits per heavy atom. The topological polar surface area (TPSA) is 68.0 Å². The van der Waals surface area contributed by atoms with Gasteiger partial charge in [-0.05, 0) is 56.0 Å². The number of hydrogen-bond donors (Lipinski definition) is 1. The Morgan fingerprint density at radius 3 is 2.84 bits per heavy atom. The average Bonchev–Trinajstić information content (AvgIpc) is 3.52. The van der Waals surface area contributed by atoms with Crippen LogP contribution >= 0.6 is 23.1 Å². The lowest BCUT2D eigenvalue weighted by Crippen LogP contribution is -2.13. The zero-order valence-electron chi connectivity index (χ0n) is 17.7. The molecule has 5 aromatic rings. The maximum Gasteiger partial charge on any atom is 0.160 e. The van der Waals surface area contributed by atoms with Crippen LogP contribution in [0.3, 0.4) is 0 Å². The molecule has 0 spiro atoms. The maximum atomic E-state index is 5.00. The van der Waals surface area contributed by atoms with E-state index < -0.39 is 0 Å².